The van der Waals surface area contributed by atoms with Gasteiger partial charge < -0.3 is 25.0 Å². The van der Waals surface area contributed by atoms with Crippen molar-refractivity contribution in [3.8, 4) is 28.9 Å². The van der Waals surface area contributed by atoms with Gasteiger partial charge in [-0.2, -0.15) is 9.97 Å². The van der Waals surface area contributed by atoms with E-state index in [1.165, 1.54) is 30.3 Å². The molecule has 2 aromatic carbocycles. The lowest BCUT2D eigenvalue weighted by Gasteiger charge is -2.30. The number of anilines is 1. The van der Waals surface area contributed by atoms with Crippen molar-refractivity contribution in [3.63, 3.8) is 0 Å². The number of nitrogens with zero attached hydrogens (tertiary/aromatic N) is 4. The fraction of sp³-hybridized carbons (Fsp3) is 0.433. The quantitative estimate of drug-likeness (QED) is 0.258. The van der Waals surface area contributed by atoms with Gasteiger partial charge in [0.05, 0.1) is 12.1 Å². The molecule has 4 heterocycles. The number of hydrogen-bond donors (Lipinski definition) is 3. The first kappa shape index (κ1) is 27.0. The van der Waals surface area contributed by atoms with Crippen molar-refractivity contribution in [2.75, 3.05) is 38.2 Å². The van der Waals surface area contributed by atoms with E-state index in [9.17, 15) is 19.0 Å². The summed E-state index contributed by atoms with van der Waals surface area (Å²) >= 11 is 0. The van der Waals surface area contributed by atoms with E-state index >= 15 is 4.39 Å². The second-order valence-electron chi connectivity index (χ2n) is 11.3. The first-order valence-corrected chi connectivity index (χ1v) is 14.2. The van der Waals surface area contributed by atoms with Crippen LogP contribution in [0, 0.1) is 11.6 Å². The summed E-state index contributed by atoms with van der Waals surface area (Å²) in [6, 6.07) is 6.67. The van der Waals surface area contributed by atoms with Gasteiger partial charge >= 0.3 is 6.01 Å². The zero-order valence-electron chi connectivity index (χ0n) is 22.7. The first-order valence-electron chi connectivity index (χ1n) is 14.2. The van der Waals surface area contributed by atoms with E-state index in [0.717, 1.165) is 32.2 Å². The molecule has 2 aliphatic heterocycles. The van der Waals surface area contributed by atoms with Crippen LogP contribution in [-0.4, -0.2) is 80.7 Å². The van der Waals surface area contributed by atoms with Crippen molar-refractivity contribution in [2.45, 2.75) is 49.9 Å². The topological polar surface area (TPSA) is 113 Å². The molecule has 9 nitrogen and oxygen atoms in total. The third-order valence-electron chi connectivity index (χ3n) is 8.33. The number of aliphatic hydroxyl groups excluding tert-OH is 1. The average Bonchev–Trinajstić information content (AvgIpc) is 3.62. The molecule has 3 fully saturated rings. The van der Waals surface area contributed by atoms with Crippen molar-refractivity contribution in [2.24, 2.45) is 0 Å². The SMILES string of the molecule is OCCNc1nc(OC[C@@]23CCCN2C[C@H](F)C3)nc2c(F)c(-c3cc(O)cc4ccc(F)cc34)nc(OC3CC3)c12. The normalized spacial score (nSPS) is 22.1. The molecule has 12 heteroatoms. The van der Waals surface area contributed by atoms with Crippen LogP contribution in [0.25, 0.3) is 32.9 Å². The molecule has 3 N–H and O–H groups in total. The summed E-state index contributed by atoms with van der Waals surface area (Å²) < 4.78 is 57.4. The standard InChI is InChI=1S/C30H30F3N5O4/c31-17-3-2-16-10-19(40)12-22(21(16)11-17)25-24(33)26-23(28(35-25)42-20-4-5-20)27(34-7-9-39)37-29(36-26)41-15-30-6-1-8-38(30)14-18(32)13-30/h2-3,10-12,18,20,39-40H,1,4-9,13-15H2,(H,34,36,37)/t18-,30+/m1/s1. The Bertz CT molecular complexity index is 1690. The minimum Gasteiger partial charge on any atom is -0.508 e. The lowest BCUT2D eigenvalue weighted by Crippen LogP contribution is -2.43. The van der Waals surface area contributed by atoms with Crippen molar-refractivity contribution in [1.29, 1.82) is 0 Å². The molecule has 2 saturated heterocycles. The number of hydrogen-bond acceptors (Lipinski definition) is 9. The second-order valence-corrected chi connectivity index (χ2v) is 11.3. The maximum absolute atomic E-state index is 16.6. The Kier molecular flexibility index (Phi) is 6.69. The molecule has 42 heavy (non-hydrogen) atoms. The van der Waals surface area contributed by atoms with Gasteiger partial charge in [0.25, 0.3) is 0 Å². The Morgan fingerprint density at radius 1 is 1.12 bits per heavy atom. The smallest absolute Gasteiger partial charge is 0.319 e. The van der Waals surface area contributed by atoms with Crippen LogP contribution in [0.4, 0.5) is 19.0 Å². The molecule has 3 aliphatic rings. The molecule has 4 aromatic rings. The molecule has 2 aromatic heterocycles. The highest BCUT2D eigenvalue weighted by atomic mass is 19.1. The van der Waals surface area contributed by atoms with E-state index in [1.807, 2.05) is 0 Å². The highest BCUT2D eigenvalue weighted by molar-refractivity contribution is 6.01. The van der Waals surface area contributed by atoms with E-state index in [0.29, 0.717) is 23.7 Å². The number of phenols is 1. The molecule has 220 valence electrons. The van der Waals surface area contributed by atoms with Crippen LogP contribution in [0.15, 0.2) is 30.3 Å². The number of alkyl halides is 1. The van der Waals surface area contributed by atoms with Gasteiger partial charge in [0, 0.05) is 25.1 Å². The molecule has 0 radical (unpaired) electrons. The monoisotopic (exact) mass is 581 g/mol. The summed E-state index contributed by atoms with van der Waals surface area (Å²) in [4.78, 5) is 15.6. The van der Waals surface area contributed by atoms with Crippen LogP contribution >= 0.6 is 0 Å². The summed E-state index contributed by atoms with van der Waals surface area (Å²) in [6.45, 7) is 1.17. The van der Waals surface area contributed by atoms with Crippen LogP contribution in [0.5, 0.6) is 17.6 Å². The zero-order chi connectivity index (χ0) is 29.0. The maximum Gasteiger partial charge on any atom is 0.319 e. The number of nitrogens with one attached hydrogen (secondary N) is 1. The number of aliphatic hydroxyl groups is 1. The van der Waals surface area contributed by atoms with Gasteiger partial charge in [0.2, 0.25) is 5.88 Å². The lowest BCUT2D eigenvalue weighted by atomic mass is 9.95. The number of aromatic nitrogens is 3. The summed E-state index contributed by atoms with van der Waals surface area (Å²) in [7, 11) is 0. The predicted octanol–water partition coefficient (Wildman–Crippen LogP) is 4.73. The van der Waals surface area contributed by atoms with Gasteiger partial charge in [-0.3, -0.25) is 4.90 Å². The maximum atomic E-state index is 16.6. The van der Waals surface area contributed by atoms with Crippen LogP contribution in [0.1, 0.15) is 32.1 Å². The first-order chi connectivity index (χ1) is 20.3. The second kappa shape index (κ2) is 10.4. The van der Waals surface area contributed by atoms with Crippen molar-refractivity contribution >= 4 is 27.5 Å². The summed E-state index contributed by atoms with van der Waals surface area (Å²) in [5.41, 5.74) is -0.636. The molecule has 0 amide bonds. The van der Waals surface area contributed by atoms with Crippen LogP contribution in [-0.2, 0) is 0 Å². The van der Waals surface area contributed by atoms with Crippen molar-refractivity contribution in [3.05, 3.63) is 42.0 Å². The van der Waals surface area contributed by atoms with Gasteiger partial charge in [-0.15, -0.1) is 0 Å². The summed E-state index contributed by atoms with van der Waals surface area (Å²) in [5.74, 6) is -1.27. The Morgan fingerprint density at radius 2 is 1.98 bits per heavy atom. The summed E-state index contributed by atoms with van der Waals surface area (Å²) in [5, 5.41) is 24.0. The van der Waals surface area contributed by atoms with Crippen molar-refractivity contribution < 1.29 is 32.9 Å². The van der Waals surface area contributed by atoms with Gasteiger partial charge in [0.15, 0.2) is 5.82 Å². The van der Waals surface area contributed by atoms with E-state index < -0.39 is 23.3 Å². The number of ether oxygens (including phenoxy) is 2. The summed E-state index contributed by atoms with van der Waals surface area (Å²) in [6.07, 6.45) is 2.59. The molecule has 1 saturated carbocycles. The van der Waals surface area contributed by atoms with Crippen molar-refractivity contribution in [1.82, 2.24) is 19.9 Å². The van der Waals surface area contributed by atoms with Gasteiger partial charge in [-0.1, -0.05) is 6.07 Å². The number of aromatic hydroxyl groups is 1. The highest BCUT2D eigenvalue weighted by Gasteiger charge is 2.49. The average molecular weight is 582 g/mol. The molecular weight excluding hydrogens is 551 g/mol. The van der Waals surface area contributed by atoms with Crippen LogP contribution in [0.3, 0.4) is 0 Å². The van der Waals surface area contributed by atoms with E-state index in [2.05, 4.69) is 25.2 Å². The molecule has 1 aliphatic carbocycles. The van der Waals surface area contributed by atoms with Crippen LogP contribution in [0.2, 0.25) is 0 Å². The minimum absolute atomic E-state index is 0.0698. The largest absolute Gasteiger partial charge is 0.508 e. The van der Waals surface area contributed by atoms with Gasteiger partial charge in [-0.05, 0) is 67.3 Å². The Hall–Kier alpha value is -3.90. The lowest BCUT2D eigenvalue weighted by molar-refractivity contribution is 0.107. The number of fused-ring (bicyclic) bond motifs is 3. The Morgan fingerprint density at radius 3 is 2.79 bits per heavy atom. The van der Waals surface area contributed by atoms with Gasteiger partial charge in [-0.25, -0.2) is 18.2 Å². The molecule has 0 bridgehead atoms. The number of phenolic OH excluding ortho intramolecular Hbond substituents is 1. The number of benzene rings is 2. The molecule has 0 unspecified atom stereocenters. The molecule has 7 rings (SSSR count). The predicted molar refractivity (Wildman–Crippen MR) is 150 cm³/mol. The number of halogens is 3. The Balaban J connectivity index is 1.39. The van der Waals surface area contributed by atoms with E-state index in [-0.39, 0.29) is 71.5 Å². The van der Waals surface area contributed by atoms with E-state index in [1.54, 1.807) is 0 Å². The number of rotatable bonds is 9. The van der Waals surface area contributed by atoms with Gasteiger partial charge in [0.1, 0.15) is 52.9 Å². The Labute approximate surface area is 239 Å². The molecule has 0 spiro atoms. The molecular formula is C30H30F3N5O4. The third kappa shape index (κ3) is 4.82. The minimum atomic E-state index is -0.941. The fourth-order valence-electron chi connectivity index (χ4n) is 6.25. The van der Waals surface area contributed by atoms with Crippen LogP contribution < -0.4 is 14.8 Å². The number of pyridine rings is 1. The third-order valence-corrected chi connectivity index (χ3v) is 8.33. The fourth-order valence-corrected chi connectivity index (χ4v) is 6.25. The zero-order valence-corrected chi connectivity index (χ0v) is 22.7. The van der Waals surface area contributed by atoms with E-state index in [4.69, 9.17) is 9.47 Å². The highest BCUT2D eigenvalue weighted by Crippen LogP contribution is 2.43. The molecule has 2 atom stereocenters.